The third-order valence-electron chi connectivity index (χ3n) is 4.28. The number of carbonyl (C=O) groups excluding carboxylic acids is 1. The fourth-order valence-electron chi connectivity index (χ4n) is 2.86. The van der Waals surface area contributed by atoms with Crippen molar-refractivity contribution < 1.29 is 14.3 Å². The smallest absolute Gasteiger partial charge is 0.255 e. The Hall–Kier alpha value is -3.28. The van der Waals surface area contributed by atoms with Crippen molar-refractivity contribution in [3.05, 3.63) is 77.9 Å². The number of carbonyl (C=O) groups is 1. The Morgan fingerprint density at radius 2 is 1.93 bits per heavy atom. The molecule has 1 aromatic heterocycles. The normalized spacial score (nSPS) is 10.4. The Bertz CT molecular complexity index is 891. The van der Waals surface area contributed by atoms with Crippen molar-refractivity contribution in [2.45, 2.75) is 13.0 Å². The van der Waals surface area contributed by atoms with Crippen LogP contribution >= 0.6 is 0 Å². The second kappa shape index (κ2) is 8.89. The van der Waals surface area contributed by atoms with Gasteiger partial charge in [-0.1, -0.05) is 30.3 Å². The predicted molar refractivity (Wildman–Crippen MR) is 103 cm³/mol. The summed E-state index contributed by atoms with van der Waals surface area (Å²) in [5, 5.41) is 2.93. The van der Waals surface area contributed by atoms with E-state index < -0.39 is 0 Å². The van der Waals surface area contributed by atoms with Gasteiger partial charge in [-0.2, -0.15) is 0 Å². The third-order valence-corrected chi connectivity index (χ3v) is 4.28. The molecule has 0 unspecified atom stereocenters. The van der Waals surface area contributed by atoms with Crippen molar-refractivity contribution in [2.24, 2.45) is 0 Å². The number of ether oxygens (including phenoxy) is 2. The minimum atomic E-state index is -0.185. The largest absolute Gasteiger partial charge is 0.497 e. The lowest BCUT2D eigenvalue weighted by Crippen LogP contribution is -2.27. The van der Waals surface area contributed by atoms with Gasteiger partial charge in [0.2, 0.25) is 0 Å². The molecule has 0 saturated carbocycles. The summed E-state index contributed by atoms with van der Waals surface area (Å²) >= 11 is 0. The van der Waals surface area contributed by atoms with Crippen LogP contribution in [0.15, 0.2) is 60.9 Å². The van der Waals surface area contributed by atoms with Gasteiger partial charge >= 0.3 is 0 Å². The van der Waals surface area contributed by atoms with E-state index in [4.69, 9.17) is 9.47 Å². The number of hydrogen-bond donors (Lipinski definition) is 1. The minimum Gasteiger partial charge on any atom is -0.497 e. The molecule has 0 bridgehead atoms. The fourth-order valence-corrected chi connectivity index (χ4v) is 2.86. The van der Waals surface area contributed by atoms with E-state index in [-0.39, 0.29) is 5.91 Å². The molecule has 1 heterocycles. The highest BCUT2D eigenvalue weighted by atomic mass is 16.5. The second-order valence-corrected chi connectivity index (χ2v) is 6.03. The van der Waals surface area contributed by atoms with Crippen LogP contribution in [0.1, 0.15) is 21.7 Å². The summed E-state index contributed by atoms with van der Waals surface area (Å²) in [6, 6.07) is 15.3. The van der Waals surface area contributed by atoms with E-state index in [0.29, 0.717) is 30.0 Å². The molecular formula is C21H23N3O3. The molecule has 0 aliphatic carbocycles. The molecule has 3 rings (SSSR count). The highest BCUT2D eigenvalue weighted by molar-refractivity contribution is 5.97. The van der Waals surface area contributed by atoms with E-state index >= 15 is 0 Å². The SMILES string of the molecule is COc1ccc(C(=O)NCCc2nccn2Cc2ccccc2)c(OC)c1. The first-order valence-electron chi connectivity index (χ1n) is 8.75. The van der Waals surface area contributed by atoms with Gasteiger partial charge in [0, 0.05) is 38.0 Å². The van der Waals surface area contributed by atoms with Gasteiger partial charge in [-0.15, -0.1) is 0 Å². The predicted octanol–water partition coefficient (Wildman–Crippen LogP) is 2.92. The van der Waals surface area contributed by atoms with Crippen LogP contribution in [-0.4, -0.2) is 36.2 Å². The molecule has 1 N–H and O–H groups in total. The lowest BCUT2D eigenvalue weighted by molar-refractivity contribution is 0.0951. The lowest BCUT2D eigenvalue weighted by Gasteiger charge is -2.11. The van der Waals surface area contributed by atoms with Gasteiger partial charge in [-0.05, 0) is 17.7 Å². The molecule has 0 radical (unpaired) electrons. The van der Waals surface area contributed by atoms with Crippen molar-refractivity contribution in [3.63, 3.8) is 0 Å². The van der Waals surface area contributed by atoms with Gasteiger partial charge in [-0.25, -0.2) is 4.98 Å². The van der Waals surface area contributed by atoms with Crippen molar-refractivity contribution in [3.8, 4) is 11.5 Å². The lowest BCUT2D eigenvalue weighted by atomic mass is 10.1. The van der Waals surface area contributed by atoms with Crippen molar-refractivity contribution in [2.75, 3.05) is 20.8 Å². The van der Waals surface area contributed by atoms with Crippen LogP contribution < -0.4 is 14.8 Å². The molecule has 3 aromatic rings. The average Bonchev–Trinajstić information content (AvgIpc) is 3.15. The summed E-state index contributed by atoms with van der Waals surface area (Å²) < 4.78 is 12.5. The van der Waals surface area contributed by atoms with E-state index in [1.165, 1.54) is 12.7 Å². The highest BCUT2D eigenvalue weighted by Crippen LogP contribution is 2.24. The van der Waals surface area contributed by atoms with E-state index in [1.807, 2.05) is 24.4 Å². The maximum atomic E-state index is 12.5. The Kier molecular flexibility index (Phi) is 6.10. The maximum absolute atomic E-state index is 12.5. The van der Waals surface area contributed by atoms with Crippen molar-refractivity contribution in [1.29, 1.82) is 0 Å². The van der Waals surface area contributed by atoms with Gasteiger partial charge < -0.3 is 19.4 Å². The minimum absolute atomic E-state index is 0.185. The number of benzene rings is 2. The molecule has 27 heavy (non-hydrogen) atoms. The quantitative estimate of drug-likeness (QED) is 0.667. The first kappa shape index (κ1) is 18.5. The van der Waals surface area contributed by atoms with Crippen molar-refractivity contribution in [1.82, 2.24) is 14.9 Å². The molecule has 140 valence electrons. The fraction of sp³-hybridized carbons (Fsp3) is 0.238. The van der Waals surface area contributed by atoms with Gasteiger partial charge in [0.15, 0.2) is 0 Å². The molecular weight excluding hydrogens is 342 g/mol. The third kappa shape index (κ3) is 4.67. The first-order valence-corrected chi connectivity index (χ1v) is 8.75. The van der Waals surface area contributed by atoms with Crippen LogP contribution in [0.3, 0.4) is 0 Å². The Balaban J connectivity index is 1.59. The number of methoxy groups -OCH3 is 2. The van der Waals surface area contributed by atoms with E-state index in [9.17, 15) is 4.79 Å². The molecule has 0 aliphatic heterocycles. The zero-order valence-electron chi connectivity index (χ0n) is 15.5. The monoisotopic (exact) mass is 365 g/mol. The Morgan fingerprint density at radius 3 is 2.67 bits per heavy atom. The molecule has 1 amide bonds. The Morgan fingerprint density at radius 1 is 1.11 bits per heavy atom. The van der Waals surface area contributed by atoms with Crippen LogP contribution in [0.2, 0.25) is 0 Å². The van der Waals surface area contributed by atoms with Crippen LogP contribution in [0.25, 0.3) is 0 Å². The number of amides is 1. The average molecular weight is 365 g/mol. The number of nitrogens with zero attached hydrogens (tertiary/aromatic N) is 2. The number of aromatic nitrogens is 2. The summed E-state index contributed by atoms with van der Waals surface area (Å²) in [7, 11) is 3.11. The van der Waals surface area contributed by atoms with E-state index in [2.05, 4.69) is 27.0 Å². The Labute approximate surface area is 158 Å². The molecule has 2 aromatic carbocycles. The number of hydrogen-bond acceptors (Lipinski definition) is 4. The molecule has 0 saturated heterocycles. The highest BCUT2D eigenvalue weighted by Gasteiger charge is 2.13. The molecule has 0 aliphatic rings. The van der Waals surface area contributed by atoms with Gasteiger partial charge in [0.1, 0.15) is 17.3 Å². The zero-order valence-corrected chi connectivity index (χ0v) is 15.5. The van der Waals surface area contributed by atoms with Crippen LogP contribution in [0.4, 0.5) is 0 Å². The second-order valence-electron chi connectivity index (χ2n) is 6.03. The van der Waals surface area contributed by atoms with Crippen LogP contribution in [0.5, 0.6) is 11.5 Å². The summed E-state index contributed by atoms with van der Waals surface area (Å²) in [6.45, 7) is 1.25. The van der Waals surface area contributed by atoms with Gasteiger partial charge in [0.25, 0.3) is 5.91 Å². The zero-order chi connectivity index (χ0) is 19.1. The molecule has 6 nitrogen and oxygen atoms in total. The van der Waals surface area contributed by atoms with Gasteiger partial charge in [-0.3, -0.25) is 4.79 Å². The van der Waals surface area contributed by atoms with Gasteiger partial charge in [0.05, 0.1) is 19.8 Å². The van der Waals surface area contributed by atoms with Crippen molar-refractivity contribution >= 4 is 5.91 Å². The summed E-state index contributed by atoms with van der Waals surface area (Å²) in [5.74, 6) is 1.88. The van der Waals surface area contributed by atoms with E-state index in [0.717, 1.165) is 12.4 Å². The standard InChI is InChI=1S/C21H23N3O3/c1-26-17-8-9-18(19(14-17)27-2)21(25)23-11-10-20-22-12-13-24(20)15-16-6-4-3-5-7-16/h3-9,12-14H,10-11,15H2,1-2H3,(H,23,25). The number of nitrogens with one attached hydrogen (secondary N) is 1. The number of rotatable bonds is 8. The molecule has 0 atom stereocenters. The van der Waals surface area contributed by atoms with E-state index in [1.54, 1.807) is 31.5 Å². The summed E-state index contributed by atoms with van der Waals surface area (Å²) in [5.41, 5.74) is 1.69. The molecule has 0 spiro atoms. The number of imidazole rings is 1. The first-order chi connectivity index (χ1) is 13.2. The van der Waals surface area contributed by atoms with Crippen LogP contribution in [-0.2, 0) is 13.0 Å². The summed E-state index contributed by atoms with van der Waals surface area (Å²) in [4.78, 5) is 16.9. The molecule has 6 heteroatoms. The molecule has 0 fully saturated rings. The topological polar surface area (TPSA) is 65.4 Å². The maximum Gasteiger partial charge on any atom is 0.255 e. The summed E-state index contributed by atoms with van der Waals surface area (Å²) in [6.07, 6.45) is 4.38. The van der Waals surface area contributed by atoms with Crippen LogP contribution in [0, 0.1) is 0 Å².